The van der Waals surface area contributed by atoms with E-state index in [9.17, 15) is 9.59 Å². The molecule has 0 radical (unpaired) electrons. The van der Waals surface area contributed by atoms with Crippen LogP contribution in [-0.4, -0.2) is 89.1 Å². The van der Waals surface area contributed by atoms with E-state index in [1.165, 1.54) is 12.8 Å². The van der Waals surface area contributed by atoms with Crippen LogP contribution in [0.1, 0.15) is 19.3 Å². The first kappa shape index (κ1) is 16.4. The molecule has 2 rings (SSSR count). The van der Waals surface area contributed by atoms with Gasteiger partial charge in [-0.15, -0.1) is 0 Å². The van der Waals surface area contributed by atoms with E-state index >= 15 is 0 Å². The molecule has 1 N–H and O–H groups in total. The lowest BCUT2D eigenvalue weighted by atomic mass is 10.2. The maximum absolute atomic E-state index is 12.5. The number of carboxylic acid groups (broad SMARTS) is 1. The number of thioether (sulfide) groups is 1. The van der Waals surface area contributed by atoms with E-state index in [1.54, 1.807) is 21.6 Å². The molecule has 7 heteroatoms. The number of nitrogens with zero attached hydrogens (tertiary/aromatic N) is 3. The number of rotatable bonds is 5. The van der Waals surface area contributed by atoms with Gasteiger partial charge in [0.2, 0.25) is 0 Å². The molecule has 1 atom stereocenters. The molecular formula is C14H25N3O3S. The van der Waals surface area contributed by atoms with Crippen molar-refractivity contribution in [1.29, 1.82) is 0 Å². The first-order valence-electron chi connectivity index (χ1n) is 7.61. The molecule has 0 aromatic rings. The van der Waals surface area contributed by atoms with E-state index in [1.807, 2.05) is 7.05 Å². The van der Waals surface area contributed by atoms with Gasteiger partial charge < -0.3 is 19.8 Å². The van der Waals surface area contributed by atoms with Crippen LogP contribution < -0.4 is 0 Å². The molecule has 0 aromatic carbocycles. The van der Waals surface area contributed by atoms with E-state index in [4.69, 9.17) is 5.11 Å². The summed E-state index contributed by atoms with van der Waals surface area (Å²) in [5.74, 6) is 0.778. The Labute approximate surface area is 130 Å². The summed E-state index contributed by atoms with van der Waals surface area (Å²) in [6.45, 7) is 4.53. The monoisotopic (exact) mass is 315 g/mol. The van der Waals surface area contributed by atoms with Crippen molar-refractivity contribution in [3.05, 3.63) is 0 Å². The van der Waals surface area contributed by atoms with Gasteiger partial charge in [-0.1, -0.05) is 0 Å². The Morgan fingerprint density at radius 2 is 2.00 bits per heavy atom. The molecule has 21 heavy (non-hydrogen) atoms. The number of carboxylic acids is 1. The fraction of sp³-hybridized carbons (Fsp3) is 0.857. The molecule has 2 aliphatic rings. The molecule has 2 heterocycles. The highest BCUT2D eigenvalue weighted by Crippen LogP contribution is 2.20. The van der Waals surface area contributed by atoms with Gasteiger partial charge in [0.15, 0.2) is 0 Å². The molecule has 2 fully saturated rings. The summed E-state index contributed by atoms with van der Waals surface area (Å²) in [7, 11) is 1.82. The molecule has 2 saturated heterocycles. The van der Waals surface area contributed by atoms with E-state index in [0.29, 0.717) is 13.1 Å². The highest BCUT2D eigenvalue weighted by Gasteiger charge is 2.30. The van der Waals surface area contributed by atoms with Gasteiger partial charge in [0.25, 0.3) is 0 Å². The maximum atomic E-state index is 12.5. The van der Waals surface area contributed by atoms with Crippen molar-refractivity contribution in [2.45, 2.75) is 25.3 Å². The third-order valence-electron chi connectivity index (χ3n) is 4.16. The van der Waals surface area contributed by atoms with Crippen molar-refractivity contribution in [2.24, 2.45) is 0 Å². The molecule has 0 saturated carbocycles. The van der Waals surface area contributed by atoms with Crippen molar-refractivity contribution in [3.8, 4) is 0 Å². The minimum Gasteiger partial charge on any atom is -0.481 e. The van der Waals surface area contributed by atoms with Crippen LogP contribution in [-0.2, 0) is 4.79 Å². The van der Waals surface area contributed by atoms with Crippen LogP contribution in [0.15, 0.2) is 0 Å². The van der Waals surface area contributed by atoms with Crippen molar-refractivity contribution in [2.75, 3.05) is 51.3 Å². The number of likely N-dealkylation sites (tertiary alicyclic amines) is 1. The summed E-state index contributed by atoms with van der Waals surface area (Å²) >= 11 is 1.73. The van der Waals surface area contributed by atoms with Crippen LogP contribution in [0.25, 0.3) is 0 Å². The molecule has 6 nitrogen and oxygen atoms in total. The minimum absolute atomic E-state index is 0.0271. The van der Waals surface area contributed by atoms with Crippen LogP contribution in [0.5, 0.6) is 0 Å². The smallest absolute Gasteiger partial charge is 0.320 e. The normalized spacial score (nSPS) is 23.3. The lowest BCUT2D eigenvalue weighted by Gasteiger charge is -2.37. The second kappa shape index (κ2) is 7.89. The van der Waals surface area contributed by atoms with Gasteiger partial charge in [0, 0.05) is 38.2 Å². The number of hydrogen-bond donors (Lipinski definition) is 1. The first-order valence-corrected chi connectivity index (χ1v) is 8.77. The number of aliphatic carboxylic acids is 1. The number of likely N-dealkylation sites (N-methyl/N-ethyl adjacent to an activating group) is 1. The van der Waals surface area contributed by atoms with E-state index in [2.05, 4.69) is 4.90 Å². The van der Waals surface area contributed by atoms with Gasteiger partial charge in [0.05, 0.1) is 12.5 Å². The number of carbonyl (C=O) groups excluding carboxylic acids is 1. The van der Waals surface area contributed by atoms with Crippen LogP contribution in [0.4, 0.5) is 4.79 Å². The number of urea groups is 1. The summed E-state index contributed by atoms with van der Waals surface area (Å²) in [5.41, 5.74) is 0. The Kier molecular flexibility index (Phi) is 6.17. The zero-order valence-corrected chi connectivity index (χ0v) is 13.5. The predicted molar refractivity (Wildman–Crippen MR) is 83.8 cm³/mol. The topological polar surface area (TPSA) is 64.1 Å². The van der Waals surface area contributed by atoms with Gasteiger partial charge in [-0.2, -0.15) is 11.8 Å². The third kappa shape index (κ3) is 4.78. The Bertz CT molecular complexity index is 374. The lowest BCUT2D eigenvalue weighted by Crippen LogP contribution is -2.52. The maximum Gasteiger partial charge on any atom is 0.320 e. The summed E-state index contributed by atoms with van der Waals surface area (Å²) in [6.07, 6.45) is 2.54. The molecule has 1 unspecified atom stereocenters. The van der Waals surface area contributed by atoms with E-state index in [-0.39, 0.29) is 18.5 Å². The fourth-order valence-corrected chi connectivity index (χ4v) is 3.95. The Balaban J connectivity index is 1.84. The minimum atomic E-state index is -0.833. The number of amides is 2. The largest absolute Gasteiger partial charge is 0.481 e. The van der Waals surface area contributed by atoms with E-state index < -0.39 is 5.97 Å². The highest BCUT2D eigenvalue weighted by molar-refractivity contribution is 7.99. The van der Waals surface area contributed by atoms with Crippen LogP contribution in [0.2, 0.25) is 0 Å². The van der Waals surface area contributed by atoms with Crippen molar-refractivity contribution < 1.29 is 14.7 Å². The predicted octanol–water partition coefficient (Wildman–Crippen LogP) is 1.03. The van der Waals surface area contributed by atoms with Gasteiger partial charge in [0.1, 0.15) is 0 Å². The second-order valence-electron chi connectivity index (χ2n) is 5.77. The van der Waals surface area contributed by atoms with Crippen LogP contribution >= 0.6 is 11.8 Å². The SMILES string of the molecule is CN(CCN1CCCC1)C(=O)N1CCSCC1CC(=O)O. The zero-order chi connectivity index (χ0) is 15.2. The van der Waals surface area contributed by atoms with Crippen molar-refractivity contribution >= 4 is 23.8 Å². The first-order chi connectivity index (χ1) is 10.1. The average molecular weight is 315 g/mol. The van der Waals surface area contributed by atoms with Crippen molar-refractivity contribution in [1.82, 2.24) is 14.7 Å². The zero-order valence-electron chi connectivity index (χ0n) is 12.7. The fourth-order valence-electron chi connectivity index (χ4n) is 2.89. The van der Waals surface area contributed by atoms with Gasteiger partial charge >= 0.3 is 12.0 Å². The molecule has 0 aliphatic carbocycles. The van der Waals surface area contributed by atoms with Gasteiger partial charge in [-0.3, -0.25) is 4.79 Å². The molecular weight excluding hydrogens is 290 g/mol. The van der Waals surface area contributed by atoms with Gasteiger partial charge in [-0.05, 0) is 25.9 Å². The molecule has 0 bridgehead atoms. The molecule has 0 aromatic heterocycles. The average Bonchev–Trinajstić information content (AvgIpc) is 2.97. The second-order valence-corrected chi connectivity index (χ2v) is 6.92. The van der Waals surface area contributed by atoms with Gasteiger partial charge in [-0.25, -0.2) is 4.79 Å². The highest BCUT2D eigenvalue weighted by atomic mass is 32.2. The lowest BCUT2D eigenvalue weighted by molar-refractivity contribution is -0.138. The third-order valence-corrected chi connectivity index (χ3v) is 5.25. The molecule has 2 aliphatic heterocycles. The van der Waals surface area contributed by atoms with Crippen molar-refractivity contribution in [3.63, 3.8) is 0 Å². The Morgan fingerprint density at radius 3 is 2.67 bits per heavy atom. The Hall–Kier alpha value is -0.950. The Morgan fingerprint density at radius 1 is 1.29 bits per heavy atom. The summed E-state index contributed by atoms with van der Waals surface area (Å²) in [4.78, 5) is 29.3. The van der Waals surface area contributed by atoms with Crippen LogP contribution in [0, 0.1) is 0 Å². The standard InChI is InChI=1S/C14H25N3O3S/c1-15(6-7-16-4-2-3-5-16)14(20)17-8-9-21-11-12(17)10-13(18)19/h12H,2-11H2,1H3,(H,18,19). The summed E-state index contributed by atoms with van der Waals surface area (Å²) < 4.78 is 0. The number of hydrogen-bond acceptors (Lipinski definition) is 4. The number of carbonyl (C=O) groups is 2. The summed E-state index contributed by atoms with van der Waals surface area (Å²) in [6, 6.07) is -0.205. The molecule has 120 valence electrons. The van der Waals surface area contributed by atoms with Crippen LogP contribution in [0.3, 0.4) is 0 Å². The van der Waals surface area contributed by atoms with E-state index in [0.717, 1.165) is 31.1 Å². The molecule has 0 spiro atoms. The quantitative estimate of drug-likeness (QED) is 0.821. The summed E-state index contributed by atoms with van der Waals surface area (Å²) in [5, 5.41) is 8.98. The molecule has 2 amide bonds.